The van der Waals surface area contributed by atoms with E-state index in [2.05, 4.69) is 10.3 Å². The SMILES string of the molecule is COc1ccc2nc(C(=O)NCc3ccc(C)c(F)c3)ccc2c1. The molecule has 1 heterocycles. The highest BCUT2D eigenvalue weighted by atomic mass is 19.1. The van der Waals surface area contributed by atoms with E-state index < -0.39 is 0 Å². The van der Waals surface area contributed by atoms with Crippen molar-refractivity contribution < 1.29 is 13.9 Å². The van der Waals surface area contributed by atoms with Crippen LogP contribution in [-0.2, 0) is 6.54 Å². The molecule has 0 radical (unpaired) electrons. The zero-order valence-electron chi connectivity index (χ0n) is 13.5. The van der Waals surface area contributed by atoms with Gasteiger partial charge < -0.3 is 10.1 Å². The zero-order chi connectivity index (χ0) is 17.1. The average Bonchev–Trinajstić information content (AvgIpc) is 2.61. The molecule has 3 rings (SSSR count). The molecule has 3 aromatic rings. The number of nitrogens with one attached hydrogen (secondary N) is 1. The maximum Gasteiger partial charge on any atom is 0.270 e. The molecule has 5 heteroatoms. The normalized spacial score (nSPS) is 10.6. The van der Waals surface area contributed by atoms with Crippen molar-refractivity contribution in [2.75, 3.05) is 7.11 Å². The van der Waals surface area contributed by atoms with Gasteiger partial charge in [0.1, 0.15) is 17.3 Å². The molecule has 0 aliphatic heterocycles. The number of carbonyl (C=O) groups excluding carboxylic acids is 1. The van der Waals surface area contributed by atoms with Gasteiger partial charge in [-0.25, -0.2) is 9.37 Å². The van der Waals surface area contributed by atoms with Gasteiger partial charge in [0.15, 0.2) is 0 Å². The highest BCUT2D eigenvalue weighted by Crippen LogP contribution is 2.19. The molecule has 0 spiro atoms. The van der Waals surface area contributed by atoms with E-state index in [1.807, 2.05) is 12.1 Å². The van der Waals surface area contributed by atoms with Gasteiger partial charge in [-0.05, 0) is 48.4 Å². The lowest BCUT2D eigenvalue weighted by Crippen LogP contribution is -2.23. The number of fused-ring (bicyclic) bond motifs is 1. The molecule has 4 nitrogen and oxygen atoms in total. The first kappa shape index (κ1) is 15.9. The van der Waals surface area contributed by atoms with Gasteiger partial charge in [-0.15, -0.1) is 0 Å². The van der Waals surface area contributed by atoms with Crippen molar-refractivity contribution in [2.45, 2.75) is 13.5 Å². The maximum absolute atomic E-state index is 13.5. The fraction of sp³-hybridized carbons (Fsp3) is 0.158. The molecule has 0 bridgehead atoms. The number of aryl methyl sites for hydroxylation is 1. The molecule has 2 aromatic carbocycles. The van der Waals surface area contributed by atoms with Gasteiger partial charge in [0.2, 0.25) is 0 Å². The summed E-state index contributed by atoms with van der Waals surface area (Å²) in [5.74, 6) is 0.163. The number of aromatic nitrogens is 1. The number of nitrogens with zero attached hydrogens (tertiary/aromatic N) is 1. The highest BCUT2D eigenvalue weighted by molar-refractivity contribution is 5.95. The summed E-state index contributed by atoms with van der Waals surface area (Å²) in [6.07, 6.45) is 0. The predicted molar refractivity (Wildman–Crippen MR) is 90.6 cm³/mol. The van der Waals surface area contributed by atoms with Crippen molar-refractivity contribution in [3.05, 3.63) is 71.2 Å². The van der Waals surface area contributed by atoms with Crippen LogP contribution in [0.15, 0.2) is 48.5 Å². The van der Waals surface area contributed by atoms with Crippen LogP contribution in [0.4, 0.5) is 4.39 Å². The standard InChI is InChI=1S/C19H17FN2O2/c1-12-3-4-13(9-16(12)20)11-21-19(23)18-7-5-14-10-15(24-2)6-8-17(14)22-18/h3-10H,11H2,1-2H3,(H,21,23). The van der Waals surface area contributed by atoms with Crippen molar-refractivity contribution in [3.8, 4) is 5.75 Å². The molecule has 0 aliphatic rings. The van der Waals surface area contributed by atoms with E-state index in [1.54, 1.807) is 44.4 Å². The number of amides is 1. The summed E-state index contributed by atoms with van der Waals surface area (Å²) in [7, 11) is 1.60. The van der Waals surface area contributed by atoms with Crippen LogP contribution in [0, 0.1) is 12.7 Å². The lowest BCUT2D eigenvalue weighted by molar-refractivity contribution is 0.0946. The number of hydrogen-bond donors (Lipinski definition) is 1. The summed E-state index contributed by atoms with van der Waals surface area (Å²) in [5.41, 5.74) is 2.32. The van der Waals surface area contributed by atoms with Gasteiger partial charge in [-0.2, -0.15) is 0 Å². The minimum absolute atomic E-state index is 0.248. The summed E-state index contributed by atoms with van der Waals surface area (Å²) < 4.78 is 18.7. The molecule has 0 aliphatic carbocycles. The molecule has 1 N–H and O–H groups in total. The van der Waals surface area contributed by atoms with Gasteiger partial charge in [0.05, 0.1) is 12.6 Å². The molecule has 0 saturated carbocycles. The second-order valence-electron chi connectivity index (χ2n) is 5.52. The van der Waals surface area contributed by atoms with E-state index in [0.717, 1.165) is 11.1 Å². The number of halogens is 1. The molecular formula is C19H17FN2O2. The van der Waals surface area contributed by atoms with Gasteiger partial charge in [-0.1, -0.05) is 18.2 Å². The fourth-order valence-corrected chi connectivity index (χ4v) is 2.38. The number of benzene rings is 2. The number of ether oxygens (including phenoxy) is 1. The van der Waals surface area contributed by atoms with Crippen LogP contribution in [-0.4, -0.2) is 18.0 Å². The van der Waals surface area contributed by atoms with Gasteiger partial charge in [0.25, 0.3) is 5.91 Å². The Morgan fingerprint density at radius 2 is 2.00 bits per heavy atom. The van der Waals surface area contributed by atoms with E-state index in [4.69, 9.17) is 4.74 Å². The first-order chi connectivity index (χ1) is 11.6. The Hall–Kier alpha value is -2.95. The maximum atomic E-state index is 13.5. The van der Waals surface area contributed by atoms with Crippen molar-refractivity contribution in [1.29, 1.82) is 0 Å². The Labute approximate surface area is 139 Å². The third-order valence-electron chi connectivity index (χ3n) is 3.82. The minimum atomic E-state index is -0.297. The Balaban J connectivity index is 1.74. The average molecular weight is 324 g/mol. The molecule has 122 valence electrons. The van der Waals surface area contributed by atoms with Crippen LogP contribution < -0.4 is 10.1 Å². The lowest BCUT2D eigenvalue weighted by Gasteiger charge is -2.07. The summed E-state index contributed by atoms with van der Waals surface area (Å²) in [4.78, 5) is 16.6. The van der Waals surface area contributed by atoms with Crippen LogP contribution in [0.1, 0.15) is 21.6 Å². The predicted octanol–water partition coefficient (Wildman–Crippen LogP) is 3.62. The summed E-state index contributed by atoms with van der Waals surface area (Å²) in [6.45, 7) is 1.95. The Kier molecular flexibility index (Phi) is 4.42. The third kappa shape index (κ3) is 3.35. The fourth-order valence-electron chi connectivity index (χ4n) is 2.38. The van der Waals surface area contributed by atoms with Gasteiger partial charge in [-0.3, -0.25) is 4.79 Å². The number of pyridine rings is 1. The number of methoxy groups -OCH3 is 1. The molecule has 1 amide bonds. The first-order valence-electron chi connectivity index (χ1n) is 7.55. The third-order valence-corrected chi connectivity index (χ3v) is 3.82. The Bertz CT molecular complexity index is 909. The van der Waals surface area contributed by atoms with Crippen LogP contribution >= 0.6 is 0 Å². The monoisotopic (exact) mass is 324 g/mol. The number of carbonyl (C=O) groups is 1. The number of rotatable bonds is 4. The van der Waals surface area contributed by atoms with E-state index >= 15 is 0 Å². The summed E-state index contributed by atoms with van der Waals surface area (Å²) in [5, 5.41) is 3.65. The topological polar surface area (TPSA) is 51.2 Å². The van der Waals surface area contributed by atoms with E-state index in [0.29, 0.717) is 22.3 Å². The molecule has 0 fully saturated rings. The van der Waals surface area contributed by atoms with Crippen molar-refractivity contribution in [1.82, 2.24) is 10.3 Å². The van der Waals surface area contributed by atoms with Crippen molar-refractivity contribution >= 4 is 16.8 Å². The Morgan fingerprint density at radius 1 is 1.17 bits per heavy atom. The van der Waals surface area contributed by atoms with Gasteiger partial charge in [0, 0.05) is 11.9 Å². The second-order valence-corrected chi connectivity index (χ2v) is 5.52. The smallest absolute Gasteiger partial charge is 0.270 e. The second kappa shape index (κ2) is 6.66. The molecule has 0 saturated heterocycles. The molecule has 0 atom stereocenters. The minimum Gasteiger partial charge on any atom is -0.497 e. The van der Waals surface area contributed by atoms with Gasteiger partial charge >= 0.3 is 0 Å². The van der Waals surface area contributed by atoms with Crippen LogP contribution in [0.2, 0.25) is 0 Å². The number of hydrogen-bond acceptors (Lipinski definition) is 3. The molecule has 1 aromatic heterocycles. The van der Waals surface area contributed by atoms with Crippen LogP contribution in [0.25, 0.3) is 10.9 Å². The molecule has 24 heavy (non-hydrogen) atoms. The molecular weight excluding hydrogens is 307 g/mol. The van der Waals surface area contributed by atoms with Crippen molar-refractivity contribution in [2.24, 2.45) is 0 Å². The van der Waals surface area contributed by atoms with E-state index in [1.165, 1.54) is 6.07 Å². The lowest BCUT2D eigenvalue weighted by atomic mass is 10.1. The zero-order valence-corrected chi connectivity index (χ0v) is 13.5. The molecule has 0 unspecified atom stereocenters. The van der Waals surface area contributed by atoms with E-state index in [-0.39, 0.29) is 18.3 Å². The Morgan fingerprint density at radius 3 is 2.75 bits per heavy atom. The summed E-state index contributed by atoms with van der Waals surface area (Å²) in [6, 6.07) is 13.9. The van der Waals surface area contributed by atoms with Crippen LogP contribution in [0.3, 0.4) is 0 Å². The van der Waals surface area contributed by atoms with E-state index in [9.17, 15) is 9.18 Å². The largest absolute Gasteiger partial charge is 0.497 e. The van der Waals surface area contributed by atoms with Crippen LogP contribution in [0.5, 0.6) is 5.75 Å². The highest BCUT2D eigenvalue weighted by Gasteiger charge is 2.09. The first-order valence-corrected chi connectivity index (χ1v) is 7.55. The van der Waals surface area contributed by atoms with Crippen molar-refractivity contribution in [3.63, 3.8) is 0 Å². The quantitative estimate of drug-likeness (QED) is 0.797. The summed E-state index contributed by atoms with van der Waals surface area (Å²) >= 11 is 0.